The van der Waals surface area contributed by atoms with Crippen molar-refractivity contribution in [2.45, 2.75) is 32.2 Å². The van der Waals surface area contributed by atoms with Gasteiger partial charge in [-0.15, -0.1) is 0 Å². The highest BCUT2D eigenvalue weighted by Gasteiger charge is 2.17. The molecule has 20 heavy (non-hydrogen) atoms. The molecule has 0 aliphatic carbocycles. The molecule has 0 fully saturated rings. The zero-order chi connectivity index (χ0) is 14.9. The molecular weight excluding hydrogens is 289 g/mol. The van der Waals surface area contributed by atoms with Gasteiger partial charge < -0.3 is 5.73 Å². The SMILES string of the molecule is CC(C)(C)c1ccc(C(N)c2cccc(Cl)c2Cl)cc1. The van der Waals surface area contributed by atoms with E-state index in [1.54, 1.807) is 6.07 Å². The largest absolute Gasteiger partial charge is 0.320 e. The van der Waals surface area contributed by atoms with E-state index in [2.05, 4.69) is 45.0 Å². The second-order valence-electron chi connectivity index (χ2n) is 5.99. The zero-order valence-corrected chi connectivity index (χ0v) is 13.5. The first-order valence-electron chi connectivity index (χ1n) is 6.60. The molecule has 1 atom stereocenters. The lowest BCUT2D eigenvalue weighted by Crippen LogP contribution is -2.14. The van der Waals surface area contributed by atoms with E-state index < -0.39 is 0 Å². The van der Waals surface area contributed by atoms with Crippen LogP contribution in [0.15, 0.2) is 42.5 Å². The summed E-state index contributed by atoms with van der Waals surface area (Å²) in [5.74, 6) is 0. The van der Waals surface area contributed by atoms with E-state index >= 15 is 0 Å². The summed E-state index contributed by atoms with van der Waals surface area (Å²) in [5.41, 5.74) is 9.60. The first-order chi connectivity index (χ1) is 9.30. The molecule has 0 spiro atoms. The quantitative estimate of drug-likeness (QED) is 0.796. The molecule has 2 rings (SSSR count). The molecule has 2 aromatic carbocycles. The Morgan fingerprint density at radius 3 is 2.10 bits per heavy atom. The summed E-state index contributed by atoms with van der Waals surface area (Å²) in [7, 11) is 0. The van der Waals surface area contributed by atoms with Gasteiger partial charge in [0.1, 0.15) is 0 Å². The molecule has 3 heteroatoms. The molecule has 0 bridgehead atoms. The molecule has 0 aromatic heterocycles. The van der Waals surface area contributed by atoms with Gasteiger partial charge in [-0.25, -0.2) is 0 Å². The van der Waals surface area contributed by atoms with Crippen molar-refractivity contribution in [3.63, 3.8) is 0 Å². The summed E-state index contributed by atoms with van der Waals surface area (Å²) in [4.78, 5) is 0. The van der Waals surface area contributed by atoms with Crippen molar-refractivity contribution >= 4 is 23.2 Å². The summed E-state index contributed by atoms with van der Waals surface area (Å²) < 4.78 is 0. The van der Waals surface area contributed by atoms with E-state index in [0.29, 0.717) is 10.0 Å². The molecular formula is C17H19Cl2N. The van der Waals surface area contributed by atoms with Crippen LogP contribution < -0.4 is 5.73 Å². The highest BCUT2D eigenvalue weighted by Crippen LogP contribution is 2.32. The molecule has 0 aliphatic rings. The van der Waals surface area contributed by atoms with E-state index in [1.165, 1.54) is 5.56 Å². The van der Waals surface area contributed by atoms with Gasteiger partial charge in [0.25, 0.3) is 0 Å². The summed E-state index contributed by atoms with van der Waals surface area (Å²) in [6, 6.07) is 13.6. The van der Waals surface area contributed by atoms with E-state index in [0.717, 1.165) is 11.1 Å². The van der Waals surface area contributed by atoms with Crippen molar-refractivity contribution in [3.05, 3.63) is 69.2 Å². The van der Waals surface area contributed by atoms with Crippen molar-refractivity contribution in [2.75, 3.05) is 0 Å². The van der Waals surface area contributed by atoms with Crippen LogP contribution >= 0.6 is 23.2 Å². The van der Waals surface area contributed by atoms with Crippen LogP contribution in [0.2, 0.25) is 10.0 Å². The van der Waals surface area contributed by atoms with E-state index in [-0.39, 0.29) is 11.5 Å². The van der Waals surface area contributed by atoms with E-state index in [4.69, 9.17) is 28.9 Å². The molecule has 0 radical (unpaired) electrons. The molecule has 0 aliphatic heterocycles. The molecule has 1 unspecified atom stereocenters. The van der Waals surface area contributed by atoms with Crippen LogP contribution in [0.3, 0.4) is 0 Å². The van der Waals surface area contributed by atoms with Gasteiger partial charge in [-0.3, -0.25) is 0 Å². The Balaban J connectivity index is 2.34. The molecule has 0 saturated heterocycles. The lowest BCUT2D eigenvalue weighted by atomic mass is 9.86. The van der Waals surface area contributed by atoms with Gasteiger partial charge in [0, 0.05) is 0 Å². The second kappa shape index (κ2) is 5.77. The average Bonchev–Trinajstić information content (AvgIpc) is 2.40. The van der Waals surface area contributed by atoms with Crippen molar-refractivity contribution in [1.29, 1.82) is 0 Å². The number of hydrogen-bond donors (Lipinski definition) is 1. The minimum atomic E-state index is -0.268. The highest BCUT2D eigenvalue weighted by atomic mass is 35.5. The van der Waals surface area contributed by atoms with Crippen LogP contribution in [0.5, 0.6) is 0 Å². The van der Waals surface area contributed by atoms with Gasteiger partial charge in [-0.2, -0.15) is 0 Å². The molecule has 1 nitrogen and oxygen atoms in total. The van der Waals surface area contributed by atoms with Crippen LogP contribution in [-0.2, 0) is 5.41 Å². The summed E-state index contributed by atoms with van der Waals surface area (Å²) in [5, 5.41) is 1.06. The first kappa shape index (κ1) is 15.4. The third-order valence-corrected chi connectivity index (χ3v) is 4.29. The van der Waals surface area contributed by atoms with E-state index in [9.17, 15) is 0 Å². The second-order valence-corrected chi connectivity index (χ2v) is 6.78. The topological polar surface area (TPSA) is 26.0 Å². The van der Waals surface area contributed by atoms with Crippen LogP contribution in [0.25, 0.3) is 0 Å². The number of halogens is 2. The maximum Gasteiger partial charge on any atom is 0.0643 e. The Kier molecular flexibility index (Phi) is 4.43. The van der Waals surface area contributed by atoms with Crippen molar-refractivity contribution in [2.24, 2.45) is 5.73 Å². The van der Waals surface area contributed by atoms with Crippen LogP contribution in [-0.4, -0.2) is 0 Å². The van der Waals surface area contributed by atoms with Gasteiger partial charge in [0.05, 0.1) is 16.1 Å². The Hall–Kier alpha value is -1.02. The number of nitrogens with two attached hydrogens (primary N) is 1. The van der Waals surface area contributed by atoms with Gasteiger partial charge >= 0.3 is 0 Å². The van der Waals surface area contributed by atoms with Crippen molar-refractivity contribution < 1.29 is 0 Å². The lowest BCUT2D eigenvalue weighted by molar-refractivity contribution is 0.589. The standard InChI is InChI=1S/C17H19Cl2N/c1-17(2,3)12-9-7-11(8-10-12)16(20)13-5-4-6-14(18)15(13)19/h4-10,16H,20H2,1-3H3. The van der Waals surface area contributed by atoms with Crippen molar-refractivity contribution in [1.82, 2.24) is 0 Å². The van der Waals surface area contributed by atoms with Crippen LogP contribution in [0.4, 0.5) is 0 Å². The van der Waals surface area contributed by atoms with Gasteiger partial charge in [0.15, 0.2) is 0 Å². The summed E-state index contributed by atoms with van der Waals surface area (Å²) >= 11 is 12.3. The maximum atomic E-state index is 6.30. The number of benzene rings is 2. The molecule has 0 amide bonds. The Labute approximate surface area is 130 Å². The number of rotatable bonds is 2. The number of hydrogen-bond acceptors (Lipinski definition) is 1. The molecule has 0 saturated carbocycles. The van der Waals surface area contributed by atoms with Crippen LogP contribution in [0, 0.1) is 0 Å². The average molecular weight is 308 g/mol. The fraction of sp³-hybridized carbons (Fsp3) is 0.294. The highest BCUT2D eigenvalue weighted by molar-refractivity contribution is 6.42. The summed E-state index contributed by atoms with van der Waals surface area (Å²) in [6.45, 7) is 6.57. The minimum Gasteiger partial charge on any atom is -0.320 e. The Bertz CT molecular complexity index is 597. The summed E-state index contributed by atoms with van der Waals surface area (Å²) in [6.07, 6.45) is 0. The van der Waals surface area contributed by atoms with Crippen molar-refractivity contribution in [3.8, 4) is 0 Å². The molecule has 2 aromatic rings. The molecule has 2 N–H and O–H groups in total. The van der Waals surface area contributed by atoms with Gasteiger partial charge in [-0.1, -0.05) is 80.4 Å². The predicted octanol–water partition coefficient (Wildman–Crippen LogP) is 5.34. The van der Waals surface area contributed by atoms with Gasteiger partial charge in [0.2, 0.25) is 0 Å². The smallest absolute Gasteiger partial charge is 0.0643 e. The normalized spacial score (nSPS) is 13.3. The maximum absolute atomic E-state index is 6.30. The predicted molar refractivity (Wildman–Crippen MR) is 87.6 cm³/mol. The van der Waals surface area contributed by atoms with Crippen LogP contribution in [0.1, 0.15) is 43.5 Å². The third kappa shape index (κ3) is 3.17. The monoisotopic (exact) mass is 307 g/mol. The fourth-order valence-corrected chi connectivity index (χ4v) is 2.56. The Morgan fingerprint density at radius 2 is 1.55 bits per heavy atom. The molecule has 0 heterocycles. The zero-order valence-electron chi connectivity index (χ0n) is 12.0. The first-order valence-corrected chi connectivity index (χ1v) is 7.36. The van der Waals surface area contributed by atoms with Gasteiger partial charge in [-0.05, 0) is 28.2 Å². The lowest BCUT2D eigenvalue weighted by Gasteiger charge is -2.21. The third-order valence-electron chi connectivity index (χ3n) is 3.45. The molecule has 106 valence electrons. The van der Waals surface area contributed by atoms with E-state index in [1.807, 2.05) is 12.1 Å². The fourth-order valence-electron chi connectivity index (χ4n) is 2.13. The Morgan fingerprint density at radius 1 is 0.950 bits per heavy atom. The minimum absolute atomic E-state index is 0.135.